The average molecular weight is 668 g/mol. The van der Waals surface area contributed by atoms with Crippen LogP contribution in [0, 0.1) is 11.8 Å². The summed E-state index contributed by atoms with van der Waals surface area (Å²) in [6.07, 6.45) is 17.7. The summed E-state index contributed by atoms with van der Waals surface area (Å²) in [6.45, 7) is 3.39. The lowest BCUT2D eigenvalue weighted by Crippen LogP contribution is -2.46. The molecule has 3 heterocycles. The van der Waals surface area contributed by atoms with Gasteiger partial charge < -0.3 is 24.4 Å². The number of H-pyrrole nitrogens is 1. The van der Waals surface area contributed by atoms with Crippen LogP contribution in [0.4, 0.5) is 0 Å². The minimum atomic E-state index is -3.93. The number of rotatable bonds is 22. The number of aromatic nitrogens is 2. The molecule has 2 saturated heterocycles. The summed E-state index contributed by atoms with van der Waals surface area (Å²) >= 11 is 0. The Kier molecular flexibility index (Phi) is 16.2. The fraction of sp³-hybridized carbons (Fsp3) is 0.788. The van der Waals surface area contributed by atoms with Crippen molar-refractivity contribution in [3.63, 3.8) is 0 Å². The number of hydrogen-bond acceptors (Lipinski definition) is 8. The number of amides is 1. The van der Waals surface area contributed by atoms with Crippen LogP contribution in [0.15, 0.2) is 15.8 Å². The third-order valence-corrected chi connectivity index (χ3v) is 9.14. The number of ether oxygens (including phenoxy) is 3. The van der Waals surface area contributed by atoms with Gasteiger partial charge in [-0.25, -0.2) is 4.79 Å². The lowest BCUT2D eigenvalue weighted by atomic mass is 10.0. The first-order valence-electron chi connectivity index (χ1n) is 17.0. The van der Waals surface area contributed by atoms with E-state index in [2.05, 4.69) is 29.1 Å². The number of nitrogens with zero attached hydrogens (tertiary/aromatic N) is 1. The summed E-state index contributed by atoms with van der Waals surface area (Å²) in [7, 11) is -2.49. The van der Waals surface area contributed by atoms with Crippen molar-refractivity contribution in [3.05, 3.63) is 32.6 Å². The molecule has 12 nitrogen and oxygen atoms in total. The molecule has 2 aliphatic heterocycles. The zero-order valence-electron chi connectivity index (χ0n) is 27.9. The molecule has 1 aromatic rings. The third-order valence-electron chi connectivity index (χ3n) is 8.52. The lowest BCUT2D eigenvalue weighted by molar-refractivity contribution is -0.190. The Morgan fingerprint density at radius 3 is 2.22 bits per heavy atom. The Bertz CT molecular complexity index is 1310. The zero-order chi connectivity index (χ0) is 33.4. The molecule has 0 radical (unpaired) electrons. The minimum absolute atomic E-state index is 0.00542. The molecule has 2 bridgehead atoms. The van der Waals surface area contributed by atoms with Gasteiger partial charge >= 0.3 is 13.3 Å². The number of carbonyl (C=O) groups excluding carboxylic acids is 1. The van der Waals surface area contributed by atoms with E-state index in [1.54, 1.807) is 0 Å². The predicted octanol–water partition coefficient (Wildman–Crippen LogP) is 4.78. The molecule has 0 saturated carbocycles. The van der Waals surface area contributed by atoms with Crippen molar-refractivity contribution in [2.24, 2.45) is 0 Å². The van der Waals surface area contributed by atoms with E-state index in [1.165, 1.54) is 90.4 Å². The number of unbranched alkanes of at least 4 members (excludes halogenated alkanes) is 14. The Hall–Kier alpha value is -2.26. The monoisotopic (exact) mass is 667 g/mol. The maximum absolute atomic E-state index is 12.7. The maximum Gasteiger partial charge on any atom is 0.330 e. The fourth-order valence-corrected chi connectivity index (χ4v) is 6.85. The predicted molar refractivity (Wildman–Crippen MR) is 176 cm³/mol. The van der Waals surface area contributed by atoms with Crippen molar-refractivity contribution in [1.29, 1.82) is 0 Å². The molecule has 2 aliphatic rings. The standard InChI is InChI=1S/C33H54N3O9P/c1-4-5-6-7-8-9-10-11-12-13-14-15-16-17-18-21-27(37)34-22-19-20-26-23-36(32(39)35-30(26)38)31-28-29(45-46(3,40)41)33(44-31,24-42-2)25-43-28/h23,28-29,31H,4-18,21-22,24-25H2,1-3H3,(H,34,37)(H,40,41)(H,35,38,39)/t28-,29?,31-,33-/m1/s1. The van der Waals surface area contributed by atoms with Gasteiger partial charge in [0.2, 0.25) is 5.91 Å². The van der Waals surface area contributed by atoms with E-state index in [4.69, 9.17) is 18.7 Å². The van der Waals surface area contributed by atoms with Crippen LogP contribution in [0.25, 0.3) is 0 Å². The maximum atomic E-state index is 12.7. The second-order valence-electron chi connectivity index (χ2n) is 12.6. The van der Waals surface area contributed by atoms with Crippen LogP contribution in [-0.2, 0) is 28.1 Å². The summed E-state index contributed by atoms with van der Waals surface area (Å²) in [5.41, 5.74) is -2.67. The summed E-state index contributed by atoms with van der Waals surface area (Å²) in [4.78, 5) is 49.4. The van der Waals surface area contributed by atoms with E-state index in [-0.39, 0.29) is 31.2 Å². The molecule has 260 valence electrons. The lowest BCUT2D eigenvalue weighted by Gasteiger charge is -2.31. The van der Waals surface area contributed by atoms with Crippen LogP contribution >= 0.6 is 7.60 Å². The summed E-state index contributed by atoms with van der Waals surface area (Å²) in [6, 6.07) is 0. The smallest absolute Gasteiger partial charge is 0.330 e. The normalized spacial score (nSPS) is 23.2. The Labute approximate surface area is 272 Å². The van der Waals surface area contributed by atoms with Gasteiger partial charge in [-0.15, -0.1) is 0 Å². The van der Waals surface area contributed by atoms with Crippen LogP contribution in [0.3, 0.4) is 0 Å². The zero-order valence-corrected chi connectivity index (χ0v) is 28.7. The van der Waals surface area contributed by atoms with Crippen molar-refractivity contribution in [1.82, 2.24) is 14.9 Å². The average Bonchev–Trinajstić information content (AvgIpc) is 3.47. The highest BCUT2D eigenvalue weighted by atomic mass is 31.2. The van der Waals surface area contributed by atoms with Crippen molar-refractivity contribution in [2.45, 2.75) is 134 Å². The highest BCUT2D eigenvalue weighted by molar-refractivity contribution is 7.51. The van der Waals surface area contributed by atoms with E-state index in [0.717, 1.165) is 30.5 Å². The minimum Gasteiger partial charge on any atom is -0.381 e. The summed E-state index contributed by atoms with van der Waals surface area (Å²) < 4.78 is 35.7. The number of nitrogens with one attached hydrogen (secondary N) is 2. The number of aromatic amines is 1. The Morgan fingerprint density at radius 2 is 1.65 bits per heavy atom. The van der Waals surface area contributed by atoms with Crippen molar-refractivity contribution >= 4 is 13.5 Å². The number of methoxy groups -OCH3 is 1. The van der Waals surface area contributed by atoms with E-state index in [0.29, 0.717) is 6.42 Å². The van der Waals surface area contributed by atoms with Crippen molar-refractivity contribution in [3.8, 4) is 11.8 Å². The second kappa shape index (κ2) is 19.5. The summed E-state index contributed by atoms with van der Waals surface area (Å²) in [5.74, 6) is 5.37. The van der Waals surface area contributed by atoms with Gasteiger partial charge in [0.15, 0.2) is 6.23 Å². The van der Waals surface area contributed by atoms with Crippen molar-refractivity contribution < 1.29 is 33.0 Å². The molecular formula is C33H54N3O9P. The fourth-order valence-electron chi connectivity index (χ4n) is 6.12. The molecule has 3 N–H and O–H groups in total. The van der Waals surface area contributed by atoms with Gasteiger partial charge in [-0.2, -0.15) is 0 Å². The largest absolute Gasteiger partial charge is 0.381 e. The topological polar surface area (TPSA) is 158 Å². The third kappa shape index (κ3) is 12.1. The molecule has 3 rings (SSSR count). The molecule has 1 amide bonds. The van der Waals surface area contributed by atoms with Gasteiger partial charge in [-0.05, 0) is 6.42 Å². The molecular weight excluding hydrogens is 613 g/mol. The van der Waals surface area contributed by atoms with Gasteiger partial charge in [0.1, 0.15) is 23.4 Å². The molecule has 13 heteroatoms. The molecule has 46 heavy (non-hydrogen) atoms. The molecule has 0 spiro atoms. The molecule has 0 aliphatic carbocycles. The first kappa shape index (κ1) is 38.2. The first-order valence-corrected chi connectivity index (χ1v) is 19.0. The molecule has 2 fully saturated rings. The van der Waals surface area contributed by atoms with E-state index in [9.17, 15) is 23.8 Å². The Morgan fingerprint density at radius 1 is 1.07 bits per heavy atom. The molecule has 0 aromatic carbocycles. The van der Waals surface area contributed by atoms with Gasteiger partial charge in [0.25, 0.3) is 5.56 Å². The van der Waals surface area contributed by atoms with Crippen LogP contribution in [0.1, 0.15) is 121 Å². The number of fused-ring (bicyclic) bond motifs is 2. The van der Waals surface area contributed by atoms with E-state index >= 15 is 0 Å². The second-order valence-corrected chi connectivity index (χ2v) is 14.4. The summed E-state index contributed by atoms with van der Waals surface area (Å²) in [5, 5.41) is 2.75. The van der Waals surface area contributed by atoms with Gasteiger partial charge in [0.05, 0.1) is 19.8 Å². The number of carbonyl (C=O) groups is 1. The van der Waals surface area contributed by atoms with Gasteiger partial charge in [-0.3, -0.25) is 28.2 Å². The molecule has 2 unspecified atom stereocenters. The van der Waals surface area contributed by atoms with Crippen molar-refractivity contribution in [2.75, 3.05) is 33.5 Å². The van der Waals surface area contributed by atoms with Crippen LogP contribution in [0.5, 0.6) is 0 Å². The van der Waals surface area contributed by atoms with E-state index in [1.807, 2.05) is 0 Å². The van der Waals surface area contributed by atoms with Crippen LogP contribution in [0.2, 0.25) is 0 Å². The Balaban J connectivity index is 1.36. The highest BCUT2D eigenvalue weighted by Gasteiger charge is 2.64. The highest BCUT2D eigenvalue weighted by Crippen LogP contribution is 2.52. The van der Waals surface area contributed by atoms with Gasteiger partial charge in [0, 0.05) is 26.4 Å². The first-order chi connectivity index (χ1) is 22.1. The van der Waals surface area contributed by atoms with Crippen LogP contribution < -0.4 is 16.6 Å². The van der Waals surface area contributed by atoms with E-state index < -0.39 is 42.9 Å². The van der Waals surface area contributed by atoms with Crippen LogP contribution in [-0.4, -0.2) is 71.7 Å². The molecule has 5 atom stereocenters. The van der Waals surface area contributed by atoms with Gasteiger partial charge in [-0.1, -0.05) is 109 Å². The number of hydrogen-bond donors (Lipinski definition) is 3. The quantitative estimate of drug-likeness (QED) is 0.0899. The SMILES string of the molecule is CCCCCCCCCCCCCCCCCC(=O)NCC#Cc1cn([C@@H]2O[C@]3(COC)CO[C@@H]2C3OP(C)(=O)O)c(=O)[nH]c1=O. The molecule has 1 aromatic heterocycles.